The average Bonchev–Trinajstić information content (AvgIpc) is 2.74. The number of rotatable bonds is 9. The molecule has 0 heterocycles. The van der Waals surface area contributed by atoms with E-state index in [1.54, 1.807) is 33.4 Å². The predicted molar refractivity (Wildman–Crippen MR) is 126 cm³/mol. The number of halogens is 3. The Kier molecular flexibility index (Phi) is 11.2. The summed E-state index contributed by atoms with van der Waals surface area (Å²) in [5.74, 6) is 2.27. The van der Waals surface area contributed by atoms with Crippen LogP contribution in [-0.2, 0) is 13.1 Å². The molecule has 0 amide bonds. The van der Waals surface area contributed by atoms with Crippen LogP contribution >= 0.6 is 24.0 Å². The molecule has 0 aliphatic heterocycles. The zero-order valence-electron chi connectivity index (χ0n) is 18.1. The molecule has 0 bridgehead atoms. The smallest absolute Gasteiger partial charge is 0.387 e. The Morgan fingerprint density at radius 2 is 1.71 bits per heavy atom. The molecule has 10 heteroatoms. The number of nitrogens with one attached hydrogen (secondary N) is 1. The van der Waals surface area contributed by atoms with Crippen LogP contribution in [-0.4, -0.2) is 52.9 Å². The molecule has 0 aliphatic rings. The quantitative estimate of drug-likeness (QED) is 0.287. The first-order valence-electron chi connectivity index (χ1n) is 9.16. The molecular formula is C21H28F2IN3O4. The van der Waals surface area contributed by atoms with Gasteiger partial charge in [-0.05, 0) is 29.8 Å². The van der Waals surface area contributed by atoms with Gasteiger partial charge in [-0.15, -0.1) is 24.0 Å². The summed E-state index contributed by atoms with van der Waals surface area (Å²) >= 11 is 0. The molecule has 0 unspecified atom stereocenters. The second-order valence-corrected chi connectivity index (χ2v) is 6.30. The average molecular weight is 551 g/mol. The highest BCUT2D eigenvalue weighted by Crippen LogP contribution is 2.29. The highest BCUT2D eigenvalue weighted by Gasteiger charge is 2.14. The zero-order chi connectivity index (χ0) is 22.1. The number of hydrogen-bond acceptors (Lipinski definition) is 5. The van der Waals surface area contributed by atoms with Crippen molar-refractivity contribution < 1.29 is 27.7 Å². The summed E-state index contributed by atoms with van der Waals surface area (Å²) in [6.07, 6.45) is 0. The van der Waals surface area contributed by atoms with E-state index in [9.17, 15) is 8.78 Å². The second-order valence-electron chi connectivity index (χ2n) is 6.30. The van der Waals surface area contributed by atoms with Gasteiger partial charge in [-0.1, -0.05) is 6.07 Å². The van der Waals surface area contributed by atoms with Gasteiger partial charge in [0.15, 0.2) is 17.5 Å². The minimum atomic E-state index is -2.93. The lowest BCUT2D eigenvalue weighted by atomic mass is 10.2. The van der Waals surface area contributed by atoms with Gasteiger partial charge >= 0.3 is 6.61 Å². The molecule has 172 valence electrons. The van der Waals surface area contributed by atoms with Crippen molar-refractivity contribution in [3.05, 3.63) is 47.5 Å². The summed E-state index contributed by atoms with van der Waals surface area (Å²) in [6, 6.07) is 10.5. The van der Waals surface area contributed by atoms with E-state index < -0.39 is 6.61 Å². The summed E-state index contributed by atoms with van der Waals surface area (Å²) in [5.41, 5.74) is 1.70. The van der Waals surface area contributed by atoms with Gasteiger partial charge < -0.3 is 29.2 Å². The zero-order valence-corrected chi connectivity index (χ0v) is 20.5. The van der Waals surface area contributed by atoms with Crippen molar-refractivity contribution in [3.8, 4) is 23.0 Å². The summed E-state index contributed by atoms with van der Waals surface area (Å²) in [5, 5.41) is 3.21. The van der Waals surface area contributed by atoms with Crippen molar-refractivity contribution in [2.45, 2.75) is 19.7 Å². The molecule has 0 fully saturated rings. The Hall–Kier alpha value is -2.50. The van der Waals surface area contributed by atoms with Gasteiger partial charge in [-0.3, -0.25) is 4.99 Å². The molecule has 0 atom stereocenters. The van der Waals surface area contributed by atoms with E-state index in [1.807, 2.05) is 30.1 Å². The van der Waals surface area contributed by atoms with Gasteiger partial charge in [0.2, 0.25) is 0 Å². The van der Waals surface area contributed by atoms with Crippen LogP contribution in [0, 0.1) is 0 Å². The number of guanidine groups is 1. The molecule has 7 nitrogen and oxygen atoms in total. The molecule has 1 N–H and O–H groups in total. The Morgan fingerprint density at radius 1 is 1.00 bits per heavy atom. The van der Waals surface area contributed by atoms with Gasteiger partial charge in [0.05, 0.1) is 21.3 Å². The van der Waals surface area contributed by atoms with Gasteiger partial charge in [0, 0.05) is 38.8 Å². The normalized spacial score (nSPS) is 10.9. The number of hydrogen-bond donors (Lipinski definition) is 1. The van der Waals surface area contributed by atoms with Crippen LogP contribution in [0.2, 0.25) is 0 Å². The third kappa shape index (κ3) is 7.60. The molecule has 31 heavy (non-hydrogen) atoms. The molecule has 0 aliphatic carbocycles. The Bertz CT molecular complexity index is 869. The first-order valence-corrected chi connectivity index (χ1v) is 9.16. The van der Waals surface area contributed by atoms with Crippen LogP contribution in [0.5, 0.6) is 23.0 Å². The van der Waals surface area contributed by atoms with Crippen molar-refractivity contribution >= 4 is 29.9 Å². The highest BCUT2D eigenvalue weighted by molar-refractivity contribution is 14.0. The summed E-state index contributed by atoms with van der Waals surface area (Å²) in [4.78, 5) is 6.20. The van der Waals surface area contributed by atoms with Crippen LogP contribution in [0.1, 0.15) is 11.1 Å². The minimum Gasteiger partial charge on any atom is -0.497 e. The second kappa shape index (κ2) is 13.0. The van der Waals surface area contributed by atoms with E-state index in [2.05, 4.69) is 15.0 Å². The summed E-state index contributed by atoms with van der Waals surface area (Å²) in [6.45, 7) is -2.03. The molecule has 0 aromatic heterocycles. The maximum atomic E-state index is 12.6. The number of ether oxygens (including phenoxy) is 4. The predicted octanol–water partition coefficient (Wildman–Crippen LogP) is 4.14. The van der Waals surface area contributed by atoms with E-state index >= 15 is 0 Å². The van der Waals surface area contributed by atoms with Crippen molar-refractivity contribution in [1.29, 1.82) is 0 Å². The maximum Gasteiger partial charge on any atom is 0.387 e. The Balaban J connectivity index is 0.00000480. The lowest BCUT2D eigenvalue weighted by Crippen LogP contribution is -2.38. The van der Waals surface area contributed by atoms with Crippen LogP contribution in [0.15, 0.2) is 41.4 Å². The number of benzene rings is 2. The molecule has 2 aromatic carbocycles. The fourth-order valence-electron chi connectivity index (χ4n) is 2.90. The third-order valence-electron chi connectivity index (χ3n) is 4.37. The van der Waals surface area contributed by atoms with Gasteiger partial charge in [-0.2, -0.15) is 8.78 Å². The van der Waals surface area contributed by atoms with Gasteiger partial charge in [-0.25, -0.2) is 0 Å². The first kappa shape index (κ1) is 26.5. The van der Waals surface area contributed by atoms with E-state index in [0.29, 0.717) is 30.5 Å². The van der Waals surface area contributed by atoms with Gasteiger partial charge in [0.1, 0.15) is 11.5 Å². The van der Waals surface area contributed by atoms with Gasteiger partial charge in [0.25, 0.3) is 0 Å². The van der Waals surface area contributed by atoms with Crippen LogP contribution in [0.3, 0.4) is 0 Å². The summed E-state index contributed by atoms with van der Waals surface area (Å²) in [7, 11) is 8.16. The topological polar surface area (TPSA) is 64.6 Å². The van der Waals surface area contributed by atoms with Crippen molar-refractivity contribution in [2.75, 3.05) is 35.4 Å². The monoisotopic (exact) mass is 551 g/mol. The van der Waals surface area contributed by atoms with Crippen LogP contribution in [0.4, 0.5) is 8.78 Å². The fraction of sp³-hybridized carbons (Fsp3) is 0.381. The minimum absolute atomic E-state index is 0. The van der Waals surface area contributed by atoms with Crippen molar-refractivity contribution in [3.63, 3.8) is 0 Å². The SMILES string of the molecule is CN=C(NCc1ccc(OC)c(OC(F)F)c1)N(C)Cc1ccc(OC)cc1OC.I. The van der Waals surface area contributed by atoms with E-state index in [1.165, 1.54) is 13.2 Å². The Labute approximate surface area is 198 Å². The van der Waals surface area contributed by atoms with Crippen molar-refractivity contribution in [2.24, 2.45) is 4.99 Å². The van der Waals surface area contributed by atoms with E-state index in [4.69, 9.17) is 14.2 Å². The number of aliphatic imine (C=N–C) groups is 1. The highest BCUT2D eigenvalue weighted by atomic mass is 127. The van der Waals surface area contributed by atoms with E-state index in [-0.39, 0.29) is 35.5 Å². The molecule has 0 spiro atoms. The first-order chi connectivity index (χ1) is 14.4. The molecule has 0 saturated heterocycles. The lowest BCUT2D eigenvalue weighted by molar-refractivity contribution is -0.0512. The van der Waals surface area contributed by atoms with Crippen molar-refractivity contribution in [1.82, 2.24) is 10.2 Å². The molecule has 0 radical (unpaired) electrons. The largest absolute Gasteiger partial charge is 0.497 e. The lowest BCUT2D eigenvalue weighted by Gasteiger charge is -2.23. The van der Waals surface area contributed by atoms with E-state index in [0.717, 1.165) is 11.1 Å². The summed E-state index contributed by atoms with van der Waals surface area (Å²) < 4.78 is 45.5. The van der Waals surface area contributed by atoms with Crippen LogP contribution in [0.25, 0.3) is 0 Å². The number of alkyl halides is 2. The molecule has 2 aromatic rings. The fourth-order valence-corrected chi connectivity index (χ4v) is 2.90. The third-order valence-corrected chi connectivity index (χ3v) is 4.37. The van der Waals surface area contributed by atoms with Crippen LogP contribution < -0.4 is 24.3 Å². The number of nitrogens with zero attached hydrogens (tertiary/aromatic N) is 2. The number of methoxy groups -OCH3 is 3. The maximum absolute atomic E-state index is 12.6. The molecule has 2 rings (SSSR count). The molecular weight excluding hydrogens is 523 g/mol. The molecule has 0 saturated carbocycles. The Morgan fingerprint density at radius 3 is 2.29 bits per heavy atom. The standard InChI is InChI=1S/C21H27F2N3O4.HI/c1-24-21(26(2)13-15-7-8-16(27-3)11-18(15)29-5)25-12-14-6-9-17(28-4)19(10-14)30-20(22)23;/h6-11,20H,12-13H2,1-5H3,(H,24,25);1H.